The number of hydrogen-bond donors (Lipinski definition) is 4. The second kappa shape index (κ2) is 10.0. The first-order chi connectivity index (χ1) is 16.4. The summed E-state index contributed by atoms with van der Waals surface area (Å²) in [6, 6.07) is 19.6. The van der Waals surface area contributed by atoms with E-state index in [0.717, 1.165) is 28.3 Å². The summed E-state index contributed by atoms with van der Waals surface area (Å²) >= 11 is 0. The van der Waals surface area contributed by atoms with Crippen LogP contribution in [0.3, 0.4) is 0 Å². The molecule has 1 aliphatic carbocycles. The lowest BCUT2D eigenvalue weighted by Gasteiger charge is -2.19. The number of hydrogen-bond acceptors (Lipinski definition) is 7. The van der Waals surface area contributed by atoms with E-state index in [9.17, 15) is 30.2 Å². The third-order valence-electron chi connectivity index (χ3n) is 5.98. The van der Waals surface area contributed by atoms with Gasteiger partial charge >= 0.3 is 6.09 Å². The minimum atomic E-state index is -1.49. The highest BCUT2D eigenvalue weighted by Gasteiger charge is 2.29. The first-order valence-electron chi connectivity index (χ1n) is 10.7. The number of alkyl carbamates (subject to hydrolysis) is 1. The summed E-state index contributed by atoms with van der Waals surface area (Å²) in [5, 5.41) is 43.4. The number of aliphatic hydroxyl groups is 3. The Bertz CT molecular complexity index is 1170. The summed E-state index contributed by atoms with van der Waals surface area (Å²) in [4.78, 5) is 22.7. The summed E-state index contributed by atoms with van der Waals surface area (Å²) in [5.74, 6) is -0.112. The van der Waals surface area contributed by atoms with Crippen LogP contribution in [0.4, 0.5) is 10.5 Å². The van der Waals surface area contributed by atoms with Crippen LogP contribution in [-0.4, -0.2) is 45.6 Å². The Morgan fingerprint density at radius 2 is 1.65 bits per heavy atom. The largest absolute Gasteiger partial charge is 0.449 e. The van der Waals surface area contributed by atoms with Gasteiger partial charge in [-0.3, -0.25) is 10.1 Å². The quantitative estimate of drug-likeness (QED) is 0.296. The average Bonchev–Trinajstić information content (AvgIpc) is 3.18. The fraction of sp³-hybridized carbons (Fsp3) is 0.240. The Kier molecular flexibility index (Phi) is 6.87. The van der Waals surface area contributed by atoms with E-state index in [-0.39, 0.29) is 35.9 Å². The molecule has 0 aliphatic heterocycles. The second-order valence-electron chi connectivity index (χ2n) is 8.02. The molecule has 1 aliphatic rings. The highest BCUT2D eigenvalue weighted by Crippen LogP contribution is 2.44. The number of carbonyl (C=O) groups excluding carboxylic acids is 1. The van der Waals surface area contributed by atoms with Crippen LogP contribution < -0.4 is 5.32 Å². The van der Waals surface area contributed by atoms with E-state index >= 15 is 0 Å². The number of nitrogens with zero attached hydrogens (tertiary/aromatic N) is 1. The number of nitrogens with one attached hydrogen (secondary N) is 1. The van der Waals surface area contributed by atoms with E-state index in [1.54, 1.807) is 0 Å². The van der Waals surface area contributed by atoms with Crippen LogP contribution in [0.1, 0.15) is 34.3 Å². The molecule has 0 fully saturated rings. The molecule has 0 heterocycles. The first-order valence-corrected chi connectivity index (χ1v) is 10.7. The van der Waals surface area contributed by atoms with Crippen LogP contribution >= 0.6 is 0 Å². The number of nitro benzene ring substituents is 1. The van der Waals surface area contributed by atoms with Gasteiger partial charge in [0.05, 0.1) is 17.1 Å². The van der Waals surface area contributed by atoms with E-state index < -0.39 is 29.8 Å². The minimum Gasteiger partial charge on any atom is -0.449 e. The van der Waals surface area contributed by atoms with Crippen LogP contribution in [0, 0.1) is 10.1 Å². The van der Waals surface area contributed by atoms with E-state index in [1.165, 1.54) is 12.1 Å². The molecular weight excluding hydrogens is 440 g/mol. The molecule has 0 radical (unpaired) electrons. The first kappa shape index (κ1) is 23.4. The maximum atomic E-state index is 12.3. The van der Waals surface area contributed by atoms with Gasteiger partial charge in [-0.2, -0.15) is 0 Å². The molecule has 1 amide bonds. The fourth-order valence-electron chi connectivity index (χ4n) is 4.24. The molecule has 3 aromatic carbocycles. The van der Waals surface area contributed by atoms with E-state index in [4.69, 9.17) is 4.74 Å². The lowest BCUT2D eigenvalue weighted by molar-refractivity contribution is -0.386. The van der Waals surface area contributed by atoms with Crippen molar-refractivity contribution < 1.29 is 29.8 Å². The zero-order valence-corrected chi connectivity index (χ0v) is 18.1. The van der Waals surface area contributed by atoms with Crippen molar-refractivity contribution in [3.8, 4) is 11.1 Å². The van der Waals surface area contributed by atoms with E-state index in [2.05, 4.69) is 5.32 Å². The second-order valence-corrected chi connectivity index (χ2v) is 8.02. The number of rotatable bonds is 8. The van der Waals surface area contributed by atoms with Gasteiger partial charge in [0, 0.05) is 18.5 Å². The van der Waals surface area contributed by atoms with Gasteiger partial charge in [0.1, 0.15) is 18.8 Å². The molecule has 0 aromatic heterocycles. The van der Waals surface area contributed by atoms with Crippen LogP contribution in [0.15, 0.2) is 66.7 Å². The number of fused-ring (bicyclic) bond motifs is 3. The lowest BCUT2D eigenvalue weighted by atomic mass is 9.98. The Hall–Kier alpha value is -3.79. The summed E-state index contributed by atoms with van der Waals surface area (Å²) < 4.78 is 5.40. The third-order valence-corrected chi connectivity index (χ3v) is 5.98. The summed E-state index contributed by atoms with van der Waals surface area (Å²) in [5.41, 5.74) is 4.16. The van der Waals surface area contributed by atoms with Crippen molar-refractivity contribution in [1.82, 2.24) is 5.32 Å². The highest BCUT2D eigenvalue weighted by atomic mass is 16.6. The molecular formula is C25H24N2O7. The van der Waals surface area contributed by atoms with Gasteiger partial charge in [-0.05, 0) is 33.9 Å². The molecule has 34 heavy (non-hydrogen) atoms. The van der Waals surface area contributed by atoms with Gasteiger partial charge < -0.3 is 25.4 Å². The summed E-state index contributed by atoms with van der Waals surface area (Å²) in [7, 11) is 0. The maximum Gasteiger partial charge on any atom is 0.407 e. The molecule has 9 nitrogen and oxygen atoms in total. The predicted molar refractivity (Wildman–Crippen MR) is 123 cm³/mol. The zero-order valence-electron chi connectivity index (χ0n) is 18.1. The van der Waals surface area contributed by atoms with Crippen LogP contribution in [0.25, 0.3) is 11.1 Å². The van der Waals surface area contributed by atoms with Gasteiger partial charge in [-0.25, -0.2) is 4.79 Å². The summed E-state index contributed by atoms with van der Waals surface area (Å²) in [6.07, 6.45) is -3.67. The van der Waals surface area contributed by atoms with Crippen LogP contribution in [0.5, 0.6) is 0 Å². The van der Waals surface area contributed by atoms with Crippen molar-refractivity contribution >= 4 is 11.8 Å². The molecule has 0 saturated heterocycles. The van der Waals surface area contributed by atoms with Crippen LogP contribution in [0.2, 0.25) is 0 Å². The molecule has 0 spiro atoms. The number of aliphatic hydroxyl groups excluding tert-OH is 3. The molecule has 176 valence electrons. The number of benzene rings is 3. The Morgan fingerprint density at radius 3 is 2.24 bits per heavy atom. The van der Waals surface area contributed by atoms with Gasteiger partial charge in [0.15, 0.2) is 0 Å². The number of carbonyl (C=O) groups is 1. The summed E-state index contributed by atoms with van der Waals surface area (Å²) in [6.45, 7) is -0.751. The van der Waals surface area contributed by atoms with E-state index in [1.807, 2.05) is 48.5 Å². The van der Waals surface area contributed by atoms with Crippen molar-refractivity contribution in [3.63, 3.8) is 0 Å². The number of amides is 1. The number of nitro groups is 1. The monoisotopic (exact) mass is 464 g/mol. The average molecular weight is 464 g/mol. The Balaban J connectivity index is 1.35. The Labute approximate surface area is 195 Å². The molecule has 0 bridgehead atoms. The molecule has 4 N–H and O–H groups in total. The minimum absolute atomic E-state index is 0.0886. The highest BCUT2D eigenvalue weighted by molar-refractivity contribution is 5.79. The molecule has 2 unspecified atom stereocenters. The normalized spacial score (nSPS) is 14.1. The molecule has 0 saturated carbocycles. The van der Waals surface area contributed by atoms with Gasteiger partial charge in [-0.15, -0.1) is 0 Å². The van der Waals surface area contributed by atoms with Crippen molar-refractivity contribution in [1.29, 1.82) is 0 Å². The van der Waals surface area contributed by atoms with Crippen molar-refractivity contribution in [2.24, 2.45) is 0 Å². The van der Waals surface area contributed by atoms with Crippen LogP contribution in [-0.2, 0) is 11.3 Å². The molecule has 9 heteroatoms. The van der Waals surface area contributed by atoms with Crippen molar-refractivity contribution in [3.05, 3.63) is 99.1 Å². The van der Waals surface area contributed by atoms with E-state index in [0.29, 0.717) is 0 Å². The fourth-order valence-corrected chi connectivity index (χ4v) is 4.24. The Morgan fingerprint density at radius 1 is 1.03 bits per heavy atom. The molecule has 2 atom stereocenters. The smallest absolute Gasteiger partial charge is 0.407 e. The lowest BCUT2D eigenvalue weighted by Crippen LogP contribution is -2.36. The molecule has 3 aromatic rings. The third kappa shape index (κ3) is 4.62. The van der Waals surface area contributed by atoms with Gasteiger partial charge in [-0.1, -0.05) is 54.6 Å². The topological polar surface area (TPSA) is 142 Å². The number of ether oxygens (including phenoxy) is 1. The molecule has 4 rings (SSSR count). The standard InChI is InChI=1S/C25H24N2O7/c28-13-16-10-9-15(11-22(16)27(32)33)24(30)23(29)12-26-25(31)34-14-21-19-7-3-1-5-17(19)18-6-2-4-8-20(18)21/h1-11,21,23-24,28-30H,12-14H2,(H,26,31). The SMILES string of the molecule is O=C(NCC(O)C(O)c1ccc(CO)c([N+](=O)[O-])c1)OCC1c2ccccc2-c2ccccc21. The maximum absolute atomic E-state index is 12.3. The zero-order chi connectivity index (χ0) is 24.2. The van der Waals surface area contributed by atoms with Crippen molar-refractivity contribution in [2.75, 3.05) is 13.2 Å². The van der Waals surface area contributed by atoms with Gasteiger partial charge in [0.25, 0.3) is 5.69 Å². The van der Waals surface area contributed by atoms with Crippen molar-refractivity contribution in [2.45, 2.75) is 24.7 Å². The predicted octanol–water partition coefficient (Wildman–Crippen LogP) is 3.02. The van der Waals surface area contributed by atoms with Gasteiger partial charge in [0.2, 0.25) is 0 Å².